The Morgan fingerprint density at radius 2 is 1.72 bits per heavy atom. The lowest BCUT2D eigenvalue weighted by molar-refractivity contribution is -0.139. The zero-order valence-corrected chi connectivity index (χ0v) is 16.6. The average Bonchev–Trinajstić information content (AvgIpc) is 2.74. The summed E-state index contributed by atoms with van der Waals surface area (Å²) in [5, 5.41) is 3.33. The second kappa shape index (κ2) is 8.48. The Labute approximate surface area is 171 Å². The quantitative estimate of drug-likeness (QED) is 0.771. The number of benzene rings is 2. The third kappa shape index (κ3) is 4.02. The molecule has 4 rings (SSSR count). The van der Waals surface area contributed by atoms with Gasteiger partial charge in [0.15, 0.2) is 5.78 Å². The first-order valence-electron chi connectivity index (χ1n) is 10.1. The van der Waals surface area contributed by atoms with Gasteiger partial charge in [0.2, 0.25) is 0 Å². The van der Waals surface area contributed by atoms with Crippen LogP contribution in [0.2, 0.25) is 0 Å². The Kier molecular flexibility index (Phi) is 5.61. The van der Waals surface area contributed by atoms with Gasteiger partial charge >= 0.3 is 5.97 Å². The van der Waals surface area contributed by atoms with Gasteiger partial charge in [0.05, 0.1) is 12.2 Å². The van der Waals surface area contributed by atoms with Crippen LogP contribution < -0.4 is 5.32 Å². The normalized spacial score (nSPS) is 18.9. The minimum absolute atomic E-state index is 0.120. The number of ketones is 1. The van der Waals surface area contributed by atoms with Crippen molar-refractivity contribution in [1.82, 2.24) is 5.32 Å². The van der Waals surface area contributed by atoms with Crippen molar-refractivity contribution in [2.45, 2.75) is 38.5 Å². The SMILES string of the molecule is CC1=C(C(=O)OCCc2ccccc2)[C@H](c2ccccc2)C2=C(CCCC2=O)N1. The molecule has 0 saturated heterocycles. The van der Waals surface area contributed by atoms with E-state index >= 15 is 0 Å². The zero-order valence-electron chi connectivity index (χ0n) is 16.6. The van der Waals surface area contributed by atoms with Crippen LogP contribution in [0.3, 0.4) is 0 Å². The van der Waals surface area contributed by atoms with Gasteiger partial charge < -0.3 is 10.1 Å². The van der Waals surface area contributed by atoms with E-state index in [-0.39, 0.29) is 17.7 Å². The smallest absolute Gasteiger partial charge is 0.336 e. The van der Waals surface area contributed by atoms with Crippen molar-refractivity contribution >= 4 is 11.8 Å². The first-order valence-corrected chi connectivity index (χ1v) is 10.1. The number of nitrogens with one attached hydrogen (secondary N) is 1. The van der Waals surface area contributed by atoms with E-state index in [9.17, 15) is 9.59 Å². The maximum Gasteiger partial charge on any atom is 0.336 e. The molecule has 1 N–H and O–H groups in total. The molecule has 148 valence electrons. The number of hydrogen-bond acceptors (Lipinski definition) is 4. The standard InChI is InChI=1S/C25H25NO3/c1-17-22(25(28)29-16-15-18-9-4-2-5-10-18)23(19-11-6-3-7-12-19)24-20(26-17)13-8-14-21(24)27/h2-7,9-12,23,26H,8,13-16H2,1H3/t23-/m0/s1. The number of esters is 1. The van der Waals surface area contributed by atoms with Crippen LogP contribution in [-0.4, -0.2) is 18.4 Å². The summed E-state index contributed by atoms with van der Waals surface area (Å²) in [6, 6.07) is 19.7. The van der Waals surface area contributed by atoms with Gasteiger partial charge in [-0.25, -0.2) is 4.79 Å². The number of dihydropyridines is 1. The van der Waals surface area contributed by atoms with Gasteiger partial charge in [0.1, 0.15) is 0 Å². The van der Waals surface area contributed by atoms with Gasteiger partial charge in [-0.1, -0.05) is 60.7 Å². The summed E-state index contributed by atoms with van der Waals surface area (Å²) in [6.45, 7) is 2.20. The molecule has 4 nitrogen and oxygen atoms in total. The van der Waals surface area contributed by atoms with Crippen LogP contribution in [0.1, 0.15) is 43.2 Å². The van der Waals surface area contributed by atoms with Gasteiger partial charge in [0, 0.05) is 35.7 Å². The summed E-state index contributed by atoms with van der Waals surface area (Å²) < 4.78 is 5.65. The highest BCUT2D eigenvalue weighted by Gasteiger charge is 2.38. The van der Waals surface area contributed by atoms with Crippen LogP contribution in [0.25, 0.3) is 0 Å². The summed E-state index contributed by atoms with van der Waals surface area (Å²) in [5.41, 5.74) is 5.07. The molecule has 0 amide bonds. The van der Waals surface area contributed by atoms with Crippen LogP contribution in [0.5, 0.6) is 0 Å². The van der Waals surface area contributed by atoms with Crippen LogP contribution >= 0.6 is 0 Å². The van der Waals surface area contributed by atoms with Crippen molar-refractivity contribution in [3.63, 3.8) is 0 Å². The van der Waals surface area contributed by atoms with E-state index in [2.05, 4.69) is 5.32 Å². The van der Waals surface area contributed by atoms with E-state index in [0.29, 0.717) is 25.0 Å². The molecule has 0 fully saturated rings. The fourth-order valence-electron chi connectivity index (χ4n) is 4.22. The van der Waals surface area contributed by atoms with E-state index in [1.807, 2.05) is 67.6 Å². The van der Waals surface area contributed by atoms with Crippen LogP contribution in [0.15, 0.2) is 83.2 Å². The molecule has 2 aliphatic rings. The Bertz CT molecular complexity index is 974. The highest BCUT2D eigenvalue weighted by molar-refractivity contribution is 6.03. The molecule has 29 heavy (non-hydrogen) atoms. The van der Waals surface area contributed by atoms with Crippen molar-refractivity contribution in [1.29, 1.82) is 0 Å². The molecule has 0 radical (unpaired) electrons. The second-order valence-corrected chi connectivity index (χ2v) is 7.55. The minimum Gasteiger partial charge on any atom is -0.462 e. The summed E-state index contributed by atoms with van der Waals surface area (Å²) in [7, 11) is 0. The first kappa shape index (κ1) is 19.2. The summed E-state index contributed by atoms with van der Waals surface area (Å²) in [4.78, 5) is 25.9. The summed E-state index contributed by atoms with van der Waals surface area (Å²) in [6.07, 6.45) is 2.86. The molecule has 4 heteroatoms. The van der Waals surface area contributed by atoms with Crippen LogP contribution in [0.4, 0.5) is 0 Å². The van der Waals surface area contributed by atoms with Gasteiger partial charge in [-0.05, 0) is 30.9 Å². The maximum atomic E-state index is 13.1. The maximum absolute atomic E-state index is 13.1. The molecule has 0 bridgehead atoms. The minimum atomic E-state index is -0.371. The molecular formula is C25H25NO3. The molecular weight excluding hydrogens is 362 g/mol. The molecule has 1 atom stereocenters. The lowest BCUT2D eigenvalue weighted by Crippen LogP contribution is -2.34. The predicted molar refractivity (Wildman–Crippen MR) is 112 cm³/mol. The third-order valence-electron chi connectivity index (χ3n) is 5.60. The highest BCUT2D eigenvalue weighted by Crippen LogP contribution is 2.42. The molecule has 0 unspecified atom stereocenters. The van der Waals surface area contributed by atoms with E-state index < -0.39 is 0 Å². The number of Topliss-reactive ketones (excluding diaryl/α,β-unsaturated/α-hetero) is 1. The highest BCUT2D eigenvalue weighted by atomic mass is 16.5. The van der Waals surface area contributed by atoms with Crippen molar-refractivity contribution in [2.75, 3.05) is 6.61 Å². The van der Waals surface area contributed by atoms with E-state index in [0.717, 1.165) is 40.9 Å². The number of ether oxygens (including phenoxy) is 1. The fraction of sp³-hybridized carbons (Fsp3) is 0.280. The Morgan fingerprint density at radius 3 is 2.45 bits per heavy atom. The number of hydrogen-bond donors (Lipinski definition) is 1. The van der Waals surface area contributed by atoms with Crippen LogP contribution in [-0.2, 0) is 20.7 Å². The molecule has 0 aromatic heterocycles. The van der Waals surface area contributed by atoms with Crippen molar-refractivity contribution in [2.24, 2.45) is 0 Å². The molecule has 0 spiro atoms. The lowest BCUT2D eigenvalue weighted by Gasteiger charge is -2.34. The largest absolute Gasteiger partial charge is 0.462 e. The lowest BCUT2D eigenvalue weighted by atomic mass is 9.75. The Hall–Kier alpha value is -3.14. The molecule has 2 aromatic rings. The van der Waals surface area contributed by atoms with Gasteiger partial charge in [-0.3, -0.25) is 4.79 Å². The molecule has 1 aliphatic carbocycles. The van der Waals surface area contributed by atoms with E-state index in [1.165, 1.54) is 0 Å². The van der Waals surface area contributed by atoms with Crippen molar-refractivity contribution < 1.29 is 14.3 Å². The molecule has 1 heterocycles. The third-order valence-corrected chi connectivity index (χ3v) is 5.60. The van der Waals surface area contributed by atoms with E-state index in [1.54, 1.807) is 0 Å². The zero-order chi connectivity index (χ0) is 20.2. The number of carbonyl (C=O) groups is 2. The van der Waals surface area contributed by atoms with Crippen molar-refractivity contribution in [3.8, 4) is 0 Å². The fourth-order valence-corrected chi connectivity index (χ4v) is 4.22. The molecule has 2 aromatic carbocycles. The van der Waals surface area contributed by atoms with Crippen LogP contribution in [0, 0.1) is 0 Å². The topological polar surface area (TPSA) is 55.4 Å². The first-order chi connectivity index (χ1) is 14.1. The number of carbonyl (C=O) groups excluding carboxylic acids is 2. The Balaban J connectivity index is 1.61. The Morgan fingerprint density at radius 1 is 1.03 bits per heavy atom. The summed E-state index contributed by atoms with van der Waals surface area (Å²) >= 11 is 0. The molecule has 0 saturated carbocycles. The second-order valence-electron chi connectivity index (χ2n) is 7.55. The molecule has 1 aliphatic heterocycles. The average molecular weight is 387 g/mol. The number of allylic oxidation sites excluding steroid dienone is 3. The summed E-state index contributed by atoms with van der Waals surface area (Å²) in [5.74, 6) is -0.608. The predicted octanol–water partition coefficient (Wildman–Crippen LogP) is 4.44. The monoisotopic (exact) mass is 387 g/mol. The van der Waals surface area contributed by atoms with E-state index in [4.69, 9.17) is 4.74 Å². The number of rotatable bonds is 5. The van der Waals surface area contributed by atoms with Gasteiger partial charge in [-0.15, -0.1) is 0 Å². The van der Waals surface area contributed by atoms with Gasteiger partial charge in [-0.2, -0.15) is 0 Å². The van der Waals surface area contributed by atoms with Crippen molar-refractivity contribution in [3.05, 3.63) is 94.3 Å². The van der Waals surface area contributed by atoms with Gasteiger partial charge in [0.25, 0.3) is 0 Å².